The molecule has 1 unspecified atom stereocenters. The van der Waals surface area contributed by atoms with Gasteiger partial charge in [-0.3, -0.25) is 4.68 Å². The summed E-state index contributed by atoms with van der Waals surface area (Å²) in [6.45, 7) is 3.97. The van der Waals surface area contributed by atoms with Crippen LogP contribution < -0.4 is 5.32 Å². The van der Waals surface area contributed by atoms with Gasteiger partial charge in [0, 0.05) is 19.5 Å². The number of likely N-dealkylation sites (N-methyl/N-ethyl adjacent to an activating group) is 1. The van der Waals surface area contributed by atoms with Crippen LogP contribution >= 0.6 is 0 Å². The molecule has 0 aliphatic heterocycles. The molecule has 0 fully saturated rings. The summed E-state index contributed by atoms with van der Waals surface area (Å²) in [5.41, 5.74) is 1.39. The second-order valence-corrected chi connectivity index (χ2v) is 4.70. The Kier molecular flexibility index (Phi) is 5.10. The van der Waals surface area contributed by atoms with Crippen molar-refractivity contribution in [2.24, 2.45) is 0 Å². The van der Waals surface area contributed by atoms with E-state index in [1.54, 1.807) is 6.33 Å². The van der Waals surface area contributed by atoms with Crippen LogP contribution in [0.4, 0.5) is 0 Å². The van der Waals surface area contributed by atoms with Crippen molar-refractivity contribution in [3.05, 3.63) is 48.0 Å². The van der Waals surface area contributed by atoms with Crippen LogP contribution in [0.1, 0.15) is 30.7 Å². The zero-order valence-electron chi connectivity index (χ0n) is 11.7. The highest BCUT2D eigenvalue weighted by Gasteiger charge is 2.12. The molecule has 0 bridgehead atoms. The summed E-state index contributed by atoms with van der Waals surface area (Å²) in [7, 11) is 2.00. The second-order valence-electron chi connectivity index (χ2n) is 4.70. The van der Waals surface area contributed by atoms with Crippen LogP contribution in [0, 0.1) is 0 Å². The van der Waals surface area contributed by atoms with Gasteiger partial charge in [-0.1, -0.05) is 30.3 Å². The number of rotatable bonds is 7. The smallest absolute Gasteiger partial charge is 0.138 e. The summed E-state index contributed by atoms with van der Waals surface area (Å²) in [4.78, 5) is 4.34. The lowest BCUT2D eigenvalue weighted by molar-refractivity contribution is 0.546. The average Bonchev–Trinajstić information content (AvgIpc) is 2.92. The first-order chi connectivity index (χ1) is 9.35. The highest BCUT2D eigenvalue weighted by atomic mass is 15.3. The fourth-order valence-electron chi connectivity index (χ4n) is 2.41. The average molecular weight is 258 g/mol. The van der Waals surface area contributed by atoms with Gasteiger partial charge in [0.15, 0.2) is 0 Å². The van der Waals surface area contributed by atoms with E-state index in [1.165, 1.54) is 5.56 Å². The van der Waals surface area contributed by atoms with Crippen molar-refractivity contribution in [3.63, 3.8) is 0 Å². The monoisotopic (exact) mass is 258 g/mol. The van der Waals surface area contributed by atoms with Crippen molar-refractivity contribution in [1.29, 1.82) is 0 Å². The number of aryl methyl sites for hydroxylation is 2. The van der Waals surface area contributed by atoms with E-state index >= 15 is 0 Å². The molecule has 102 valence electrons. The Labute approximate surface area is 114 Å². The van der Waals surface area contributed by atoms with Crippen molar-refractivity contribution in [2.75, 3.05) is 13.6 Å². The molecular weight excluding hydrogens is 236 g/mol. The molecule has 1 aromatic heterocycles. The number of nitrogens with zero attached hydrogens (tertiary/aromatic N) is 3. The molecule has 0 saturated heterocycles. The fraction of sp³-hybridized carbons (Fsp3) is 0.467. The van der Waals surface area contributed by atoms with Crippen molar-refractivity contribution >= 4 is 0 Å². The molecule has 0 amide bonds. The van der Waals surface area contributed by atoms with Gasteiger partial charge >= 0.3 is 0 Å². The van der Waals surface area contributed by atoms with Gasteiger partial charge in [-0.25, -0.2) is 4.98 Å². The zero-order chi connectivity index (χ0) is 13.5. The second kappa shape index (κ2) is 7.04. The maximum atomic E-state index is 4.34. The molecule has 0 spiro atoms. The Morgan fingerprint density at radius 3 is 2.74 bits per heavy atom. The maximum absolute atomic E-state index is 4.34. The van der Waals surface area contributed by atoms with Crippen LogP contribution in [0.2, 0.25) is 0 Å². The van der Waals surface area contributed by atoms with E-state index in [9.17, 15) is 0 Å². The van der Waals surface area contributed by atoms with Crippen molar-refractivity contribution in [3.8, 4) is 0 Å². The third-order valence-corrected chi connectivity index (χ3v) is 3.43. The van der Waals surface area contributed by atoms with Crippen LogP contribution in [-0.4, -0.2) is 28.4 Å². The van der Waals surface area contributed by atoms with E-state index in [1.807, 2.05) is 11.7 Å². The van der Waals surface area contributed by atoms with E-state index in [0.29, 0.717) is 5.92 Å². The standard InChI is InChI=1S/C15H22N4/c1-3-19-15(17-12-18-19)10-9-14(11-16-2)13-7-5-4-6-8-13/h4-8,12,14,16H,3,9-11H2,1-2H3. The molecule has 0 aliphatic rings. The first-order valence-corrected chi connectivity index (χ1v) is 6.91. The summed E-state index contributed by atoms with van der Waals surface area (Å²) in [5, 5.41) is 7.50. The van der Waals surface area contributed by atoms with Crippen molar-refractivity contribution in [1.82, 2.24) is 20.1 Å². The lowest BCUT2D eigenvalue weighted by Gasteiger charge is -2.16. The number of nitrogens with one attached hydrogen (secondary N) is 1. The van der Waals surface area contributed by atoms with E-state index in [4.69, 9.17) is 0 Å². The fourth-order valence-corrected chi connectivity index (χ4v) is 2.41. The van der Waals surface area contributed by atoms with E-state index in [2.05, 4.69) is 52.7 Å². The van der Waals surface area contributed by atoms with Gasteiger partial charge < -0.3 is 5.32 Å². The number of hydrogen-bond acceptors (Lipinski definition) is 3. The van der Waals surface area contributed by atoms with E-state index < -0.39 is 0 Å². The Morgan fingerprint density at radius 1 is 1.26 bits per heavy atom. The quantitative estimate of drug-likeness (QED) is 0.828. The minimum Gasteiger partial charge on any atom is -0.319 e. The molecule has 1 N–H and O–H groups in total. The molecular formula is C15H22N4. The normalized spacial score (nSPS) is 12.5. The van der Waals surface area contributed by atoms with Gasteiger partial charge in [0.05, 0.1) is 0 Å². The topological polar surface area (TPSA) is 42.7 Å². The molecule has 1 heterocycles. The summed E-state index contributed by atoms with van der Waals surface area (Å²) in [5.74, 6) is 1.60. The predicted molar refractivity (Wildman–Crippen MR) is 77.1 cm³/mol. The predicted octanol–water partition coefficient (Wildman–Crippen LogP) is 2.23. The van der Waals surface area contributed by atoms with Gasteiger partial charge in [0.2, 0.25) is 0 Å². The Bertz CT molecular complexity index is 478. The van der Waals surface area contributed by atoms with Gasteiger partial charge in [-0.15, -0.1) is 0 Å². The SMILES string of the molecule is CCn1ncnc1CCC(CNC)c1ccccc1. The minimum absolute atomic E-state index is 0.521. The summed E-state index contributed by atoms with van der Waals surface area (Å²) < 4.78 is 1.97. The third-order valence-electron chi connectivity index (χ3n) is 3.43. The largest absolute Gasteiger partial charge is 0.319 e. The summed E-state index contributed by atoms with van der Waals surface area (Å²) >= 11 is 0. The molecule has 0 saturated carbocycles. The lowest BCUT2D eigenvalue weighted by atomic mass is 9.94. The number of aromatic nitrogens is 3. The molecule has 0 aliphatic carbocycles. The first kappa shape index (κ1) is 13.7. The van der Waals surface area contributed by atoms with E-state index in [-0.39, 0.29) is 0 Å². The zero-order valence-corrected chi connectivity index (χ0v) is 11.7. The Balaban J connectivity index is 2.02. The van der Waals surface area contributed by atoms with Crippen molar-refractivity contribution in [2.45, 2.75) is 32.2 Å². The van der Waals surface area contributed by atoms with Crippen molar-refractivity contribution < 1.29 is 0 Å². The summed E-state index contributed by atoms with van der Waals surface area (Å²) in [6.07, 6.45) is 3.70. The van der Waals surface area contributed by atoms with Crippen LogP contribution in [0.3, 0.4) is 0 Å². The molecule has 1 atom stereocenters. The Morgan fingerprint density at radius 2 is 2.05 bits per heavy atom. The third kappa shape index (κ3) is 3.64. The lowest BCUT2D eigenvalue weighted by Crippen LogP contribution is -2.18. The van der Waals surface area contributed by atoms with Crippen LogP contribution in [0.25, 0.3) is 0 Å². The maximum Gasteiger partial charge on any atom is 0.138 e. The molecule has 19 heavy (non-hydrogen) atoms. The molecule has 2 aromatic rings. The molecule has 0 radical (unpaired) electrons. The van der Waals surface area contributed by atoms with E-state index in [0.717, 1.165) is 31.8 Å². The molecule has 1 aromatic carbocycles. The van der Waals surface area contributed by atoms with Gasteiger partial charge in [0.25, 0.3) is 0 Å². The Hall–Kier alpha value is -1.68. The van der Waals surface area contributed by atoms with Gasteiger partial charge in [-0.2, -0.15) is 5.10 Å². The van der Waals surface area contributed by atoms with Crippen LogP contribution in [0.5, 0.6) is 0 Å². The van der Waals surface area contributed by atoms with Crippen LogP contribution in [0.15, 0.2) is 36.7 Å². The highest BCUT2D eigenvalue weighted by molar-refractivity contribution is 5.20. The van der Waals surface area contributed by atoms with Gasteiger partial charge in [-0.05, 0) is 31.9 Å². The first-order valence-electron chi connectivity index (χ1n) is 6.91. The molecule has 4 heteroatoms. The number of benzene rings is 1. The molecule has 2 rings (SSSR count). The van der Waals surface area contributed by atoms with Gasteiger partial charge in [0.1, 0.15) is 12.2 Å². The molecule has 4 nitrogen and oxygen atoms in total. The summed E-state index contributed by atoms with van der Waals surface area (Å²) in [6, 6.07) is 10.7. The number of hydrogen-bond donors (Lipinski definition) is 1. The minimum atomic E-state index is 0.521. The van der Waals surface area contributed by atoms with Crippen LogP contribution in [-0.2, 0) is 13.0 Å². The highest BCUT2D eigenvalue weighted by Crippen LogP contribution is 2.20.